The van der Waals surface area contributed by atoms with Crippen molar-refractivity contribution in [1.82, 2.24) is 10.2 Å². The Labute approximate surface area is 199 Å². The van der Waals surface area contributed by atoms with Gasteiger partial charge < -0.3 is 10.2 Å². The van der Waals surface area contributed by atoms with E-state index in [9.17, 15) is 9.59 Å². The lowest BCUT2D eigenvalue weighted by Gasteiger charge is -2.44. The van der Waals surface area contributed by atoms with Gasteiger partial charge in [-0.25, -0.2) is 0 Å². The molecule has 1 aliphatic heterocycles. The van der Waals surface area contributed by atoms with Crippen molar-refractivity contribution in [3.05, 3.63) is 93.2 Å². The van der Waals surface area contributed by atoms with Crippen LogP contribution in [0, 0.1) is 6.92 Å². The number of carbonyl (C=O) groups excluding carboxylic acids is 2. The van der Waals surface area contributed by atoms with Crippen LogP contribution < -0.4 is 5.32 Å². The molecule has 1 saturated carbocycles. The fourth-order valence-corrected chi connectivity index (χ4v) is 6.35. The Morgan fingerprint density at radius 3 is 2.64 bits per heavy atom. The Hall–Kier alpha value is -2.92. The smallest absolute Gasteiger partial charge is 0.254 e. The van der Waals surface area contributed by atoms with Gasteiger partial charge in [0.05, 0.1) is 12.0 Å². The van der Waals surface area contributed by atoms with Gasteiger partial charge in [-0.05, 0) is 54.8 Å². The number of carbonyl (C=O) groups is 2. The molecule has 2 aliphatic rings. The summed E-state index contributed by atoms with van der Waals surface area (Å²) in [6, 6.07) is 20.1. The molecule has 0 saturated heterocycles. The van der Waals surface area contributed by atoms with E-state index in [-0.39, 0.29) is 23.9 Å². The zero-order chi connectivity index (χ0) is 22.8. The first-order valence-corrected chi connectivity index (χ1v) is 12.8. The Kier molecular flexibility index (Phi) is 6.32. The lowest BCUT2D eigenvalue weighted by Crippen LogP contribution is -2.50. The number of fused-ring (bicyclic) bond motifs is 1. The minimum Gasteiger partial charge on any atom is -0.355 e. The van der Waals surface area contributed by atoms with Crippen molar-refractivity contribution in [2.75, 3.05) is 6.54 Å². The summed E-state index contributed by atoms with van der Waals surface area (Å²) >= 11 is 1.64. The number of rotatable bonds is 6. The van der Waals surface area contributed by atoms with Crippen LogP contribution in [0.5, 0.6) is 0 Å². The molecule has 1 aliphatic carbocycles. The minimum absolute atomic E-state index is 0.00370. The predicted molar refractivity (Wildman–Crippen MR) is 133 cm³/mol. The molecule has 2 heterocycles. The van der Waals surface area contributed by atoms with E-state index in [4.69, 9.17) is 0 Å². The Balaban J connectivity index is 1.47. The molecule has 2 aromatic carbocycles. The molecule has 1 fully saturated rings. The summed E-state index contributed by atoms with van der Waals surface area (Å²) in [7, 11) is 0. The van der Waals surface area contributed by atoms with Gasteiger partial charge in [-0.2, -0.15) is 0 Å². The Morgan fingerprint density at radius 2 is 1.88 bits per heavy atom. The molecule has 1 N–H and O–H groups in total. The number of hydrogen-bond acceptors (Lipinski definition) is 3. The summed E-state index contributed by atoms with van der Waals surface area (Å²) in [4.78, 5) is 30.6. The molecule has 3 aromatic rings. The molecular weight excluding hydrogens is 428 g/mol. The van der Waals surface area contributed by atoms with Gasteiger partial charge in [-0.15, -0.1) is 11.3 Å². The maximum absolute atomic E-state index is 13.7. The second kappa shape index (κ2) is 9.52. The zero-order valence-electron chi connectivity index (χ0n) is 19.0. The van der Waals surface area contributed by atoms with Gasteiger partial charge in [-0.3, -0.25) is 9.59 Å². The highest BCUT2D eigenvalue weighted by Gasteiger charge is 2.47. The summed E-state index contributed by atoms with van der Waals surface area (Å²) in [5.74, 6) is -0.334. The first-order chi connectivity index (χ1) is 16.1. The van der Waals surface area contributed by atoms with Crippen molar-refractivity contribution in [3.63, 3.8) is 0 Å². The number of thiophene rings is 1. The summed E-state index contributed by atoms with van der Waals surface area (Å²) < 4.78 is 0. The topological polar surface area (TPSA) is 49.4 Å². The molecule has 33 heavy (non-hydrogen) atoms. The maximum atomic E-state index is 13.7. The fourth-order valence-electron chi connectivity index (χ4n) is 5.49. The van der Waals surface area contributed by atoms with Crippen LogP contribution in [0.2, 0.25) is 0 Å². The summed E-state index contributed by atoms with van der Waals surface area (Å²) in [5, 5.41) is 5.25. The first-order valence-electron chi connectivity index (χ1n) is 11.9. The monoisotopic (exact) mass is 458 g/mol. The van der Waals surface area contributed by atoms with Crippen molar-refractivity contribution >= 4 is 23.2 Å². The molecule has 170 valence electrons. The van der Waals surface area contributed by atoms with Crippen LogP contribution in [0.25, 0.3) is 0 Å². The number of nitrogens with zero attached hydrogens (tertiary/aromatic N) is 1. The standard InChI is InChI=1S/C28H30N2O2S/c1-19-8-6-9-20(18-19)15-16-29-27(31)25-22-12-4-5-13-23(22)28(32)30(21-10-2-3-11-21)26(25)24-14-7-17-33-24/h4-9,12-14,17-18,21,25-26H,2-3,10-11,15-16H2,1H3,(H,29,31). The van der Waals surface area contributed by atoms with Crippen molar-refractivity contribution in [2.45, 2.75) is 57.0 Å². The van der Waals surface area contributed by atoms with Crippen LogP contribution in [0.3, 0.4) is 0 Å². The van der Waals surface area contributed by atoms with E-state index in [1.165, 1.54) is 11.1 Å². The van der Waals surface area contributed by atoms with Crippen LogP contribution in [0.1, 0.15) is 69.6 Å². The Morgan fingerprint density at radius 1 is 1.06 bits per heavy atom. The number of nitrogens with one attached hydrogen (secondary N) is 1. The van der Waals surface area contributed by atoms with E-state index in [0.29, 0.717) is 12.1 Å². The summed E-state index contributed by atoms with van der Waals surface area (Å²) in [6.45, 7) is 2.66. The zero-order valence-corrected chi connectivity index (χ0v) is 19.8. The highest BCUT2D eigenvalue weighted by atomic mass is 32.1. The highest BCUT2D eigenvalue weighted by molar-refractivity contribution is 7.10. The summed E-state index contributed by atoms with van der Waals surface area (Å²) in [5.41, 5.74) is 3.97. The van der Waals surface area contributed by atoms with Gasteiger partial charge in [0.1, 0.15) is 0 Å². The van der Waals surface area contributed by atoms with Gasteiger partial charge in [-0.1, -0.05) is 66.9 Å². The quantitative estimate of drug-likeness (QED) is 0.520. The number of amides is 2. The van der Waals surface area contributed by atoms with Gasteiger partial charge in [0.2, 0.25) is 5.91 Å². The molecule has 2 atom stereocenters. The van der Waals surface area contributed by atoms with Gasteiger partial charge in [0, 0.05) is 23.0 Å². The van der Waals surface area contributed by atoms with Crippen molar-refractivity contribution in [2.24, 2.45) is 0 Å². The number of aryl methyl sites for hydroxylation is 1. The second-order valence-corrected chi connectivity index (χ2v) is 10.2. The van der Waals surface area contributed by atoms with E-state index in [1.807, 2.05) is 40.6 Å². The molecule has 0 radical (unpaired) electrons. The SMILES string of the molecule is Cc1cccc(CCNC(=O)C2c3ccccc3C(=O)N(C3CCCC3)C2c2cccs2)c1. The largest absolute Gasteiger partial charge is 0.355 e. The molecule has 2 unspecified atom stereocenters. The van der Waals surface area contributed by atoms with Gasteiger partial charge >= 0.3 is 0 Å². The van der Waals surface area contributed by atoms with E-state index in [1.54, 1.807) is 11.3 Å². The molecule has 5 rings (SSSR count). The van der Waals surface area contributed by atoms with E-state index >= 15 is 0 Å². The van der Waals surface area contributed by atoms with Crippen molar-refractivity contribution in [1.29, 1.82) is 0 Å². The average Bonchev–Trinajstić information content (AvgIpc) is 3.53. The van der Waals surface area contributed by atoms with Crippen LogP contribution in [0.4, 0.5) is 0 Å². The minimum atomic E-state index is -0.407. The van der Waals surface area contributed by atoms with Crippen LogP contribution in [-0.2, 0) is 11.2 Å². The van der Waals surface area contributed by atoms with Crippen molar-refractivity contribution in [3.8, 4) is 0 Å². The maximum Gasteiger partial charge on any atom is 0.254 e. The van der Waals surface area contributed by atoms with E-state index in [0.717, 1.165) is 42.5 Å². The average molecular weight is 459 g/mol. The first kappa shape index (κ1) is 21.9. The third-order valence-corrected chi connectivity index (χ3v) is 7.95. The Bertz CT molecular complexity index is 1130. The molecule has 0 spiro atoms. The number of hydrogen-bond donors (Lipinski definition) is 1. The van der Waals surface area contributed by atoms with Crippen LogP contribution in [0.15, 0.2) is 66.0 Å². The normalized spacial score (nSPS) is 20.6. The molecule has 5 heteroatoms. The number of benzene rings is 2. The lowest BCUT2D eigenvalue weighted by atomic mass is 9.80. The van der Waals surface area contributed by atoms with Gasteiger partial charge in [0.25, 0.3) is 5.91 Å². The molecular formula is C28H30N2O2S. The lowest BCUT2D eigenvalue weighted by molar-refractivity contribution is -0.124. The third kappa shape index (κ3) is 4.34. The van der Waals surface area contributed by atoms with E-state index < -0.39 is 5.92 Å². The summed E-state index contributed by atoms with van der Waals surface area (Å²) in [6.07, 6.45) is 5.09. The third-order valence-electron chi connectivity index (χ3n) is 7.01. The van der Waals surface area contributed by atoms with Crippen molar-refractivity contribution < 1.29 is 9.59 Å². The van der Waals surface area contributed by atoms with E-state index in [2.05, 4.69) is 42.6 Å². The molecule has 1 aromatic heterocycles. The molecule has 2 amide bonds. The predicted octanol–water partition coefficient (Wildman–Crippen LogP) is 5.64. The van der Waals surface area contributed by atoms with Gasteiger partial charge in [0.15, 0.2) is 0 Å². The molecule has 0 bridgehead atoms. The fraction of sp³-hybridized carbons (Fsp3) is 0.357. The van der Waals surface area contributed by atoms with Crippen LogP contribution in [-0.4, -0.2) is 29.3 Å². The molecule has 4 nitrogen and oxygen atoms in total. The highest BCUT2D eigenvalue weighted by Crippen LogP contribution is 2.47. The van der Waals surface area contributed by atoms with Crippen LogP contribution >= 0.6 is 11.3 Å². The second-order valence-electron chi connectivity index (χ2n) is 9.21.